The van der Waals surface area contributed by atoms with Gasteiger partial charge in [0.1, 0.15) is 5.82 Å². The van der Waals surface area contributed by atoms with Crippen LogP contribution in [0, 0.1) is 11.9 Å². The van der Waals surface area contributed by atoms with E-state index in [-0.39, 0.29) is 11.1 Å². The molecule has 2 aromatic rings. The molecule has 0 bridgehead atoms. The van der Waals surface area contributed by atoms with Crippen molar-refractivity contribution in [2.45, 2.75) is 6.18 Å². The molecule has 0 N–H and O–H groups in total. The summed E-state index contributed by atoms with van der Waals surface area (Å²) >= 11 is 0. The maximum atomic E-state index is 13.4. The van der Waals surface area contributed by atoms with Crippen LogP contribution in [-0.2, 0) is 6.18 Å². The van der Waals surface area contributed by atoms with Crippen LogP contribution in [0.2, 0.25) is 0 Å². The largest absolute Gasteiger partial charge is 0.416 e. The van der Waals surface area contributed by atoms with Crippen LogP contribution >= 0.6 is 0 Å². The predicted molar refractivity (Wildman–Crippen MR) is 55.7 cm³/mol. The van der Waals surface area contributed by atoms with Crippen molar-refractivity contribution in [1.82, 2.24) is 0 Å². The zero-order valence-electron chi connectivity index (χ0n) is 8.55. The van der Waals surface area contributed by atoms with Gasteiger partial charge in [0.05, 0.1) is 5.56 Å². The Labute approximate surface area is 95.5 Å². The Morgan fingerprint density at radius 3 is 2.35 bits per heavy atom. The van der Waals surface area contributed by atoms with Gasteiger partial charge in [-0.1, -0.05) is 24.3 Å². The van der Waals surface area contributed by atoms with E-state index in [1.165, 1.54) is 18.2 Å². The summed E-state index contributed by atoms with van der Waals surface area (Å²) in [6.07, 6.45) is -4.44. The smallest absolute Gasteiger partial charge is 0.206 e. The zero-order valence-corrected chi connectivity index (χ0v) is 8.55. The van der Waals surface area contributed by atoms with E-state index in [4.69, 9.17) is 0 Å². The number of hydrogen-bond acceptors (Lipinski definition) is 0. The molecule has 0 fully saturated rings. The third-order valence-corrected chi connectivity index (χ3v) is 2.29. The lowest BCUT2D eigenvalue weighted by molar-refractivity contribution is -0.137. The van der Waals surface area contributed by atoms with Crippen LogP contribution < -0.4 is 0 Å². The molecule has 1 radical (unpaired) electrons. The van der Waals surface area contributed by atoms with Crippen LogP contribution in [0.5, 0.6) is 0 Å². The van der Waals surface area contributed by atoms with Crippen LogP contribution in [-0.4, -0.2) is 0 Å². The lowest BCUT2D eigenvalue weighted by atomic mass is 10.0. The van der Waals surface area contributed by atoms with Crippen molar-refractivity contribution < 1.29 is 17.6 Å². The van der Waals surface area contributed by atoms with Crippen molar-refractivity contribution in [3.05, 3.63) is 59.9 Å². The van der Waals surface area contributed by atoms with E-state index in [0.717, 1.165) is 18.2 Å². The first-order valence-electron chi connectivity index (χ1n) is 4.82. The summed E-state index contributed by atoms with van der Waals surface area (Å²) in [6, 6.07) is 11.2. The minimum Gasteiger partial charge on any atom is -0.206 e. The third-order valence-electron chi connectivity index (χ3n) is 2.29. The first-order valence-corrected chi connectivity index (χ1v) is 4.82. The number of alkyl halides is 3. The number of benzene rings is 2. The maximum Gasteiger partial charge on any atom is 0.416 e. The SMILES string of the molecule is Fc1ccccc1-c1[c]ccc(C(F)(F)F)c1. The molecule has 2 aromatic carbocycles. The van der Waals surface area contributed by atoms with Gasteiger partial charge in [-0.05, 0) is 29.8 Å². The van der Waals surface area contributed by atoms with E-state index < -0.39 is 17.6 Å². The van der Waals surface area contributed by atoms with Gasteiger partial charge in [0.15, 0.2) is 0 Å². The Hall–Kier alpha value is -1.84. The van der Waals surface area contributed by atoms with Crippen LogP contribution in [0.25, 0.3) is 11.1 Å². The fourth-order valence-electron chi connectivity index (χ4n) is 1.48. The second-order valence-electron chi connectivity index (χ2n) is 3.47. The van der Waals surface area contributed by atoms with Gasteiger partial charge in [-0.15, -0.1) is 0 Å². The van der Waals surface area contributed by atoms with E-state index in [9.17, 15) is 17.6 Å². The normalized spacial score (nSPS) is 11.5. The van der Waals surface area contributed by atoms with Gasteiger partial charge in [0, 0.05) is 5.56 Å². The molecule has 0 amide bonds. The summed E-state index contributed by atoms with van der Waals surface area (Å²) < 4.78 is 50.8. The standard InChI is InChI=1S/C13H7F4/c14-12-7-2-1-6-11(12)9-4-3-5-10(8-9)13(15,16)17/h1-3,5-8H. The van der Waals surface area contributed by atoms with Crippen LogP contribution in [0.1, 0.15) is 5.56 Å². The van der Waals surface area contributed by atoms with Crippen LogP contribution in [0.15, 0.2) is 42.5 Å². The highest BCUT2D eigenvalue weighted by molar-refractivity contribution is 5.64. The highest BCUT2D eigenvalue weighted by Gasteiger charge is 2.30. The van der Waals surface area contributed by atoms with Gasteiger partial charge in [0.2, 0.25) is 0 Å². The van der Waals surface area contributed by atoms with Crippen LogP contribution in [0.4, 0.5) is 17.6 Å². The first kappa shape index (κ1) is 11.6. The van der Waals surface area contributed by atoms with E-state index in [0.29, 0.717) is 0 Å². The van der Waals surface area contributed by atoms with Crippen molar-refractivity contribution in [2.75, 3.05) is 0 Å². The third kappa shape index (κ3) is 2.46. The van der Waals surface area contributed by atoms with Gasteiger partial charge in [-0.3, -0.25) is 0 Å². The molecule has 0 heterocycles. The molecule has 0 nitrogen and oxygen atoms in total. The molecule has 2 rings (SSSR count). The quantitative estimate of drug-likeness (QED) is 0.650. The molecule has 4 heteroatoms. The summed E-state index contributed by atoms with van der Waals surface area (Å²) in [4.78, 5) is 0. The molecular weight excluding hydrogens is 232 g/mol. The van der Waals surface area contributed by atoms with Gasteiger partial charge in [-0.2, -0.15) is 13.2 Å². The molecule has 0 saturated heterocycles. The molecule has 0 atom stereocenters. The lowest BCUT2D eigenvalue weighted by Crippen LogP contribution is -2.04. The molecule has 87 valence electrons. The van der Waals surface area contributed by atoms with Crippen molar-refractivity contribution in [2.24, 2.45) is 0 Å². The number of hydrogen-bond donors (Lipinski definition) is 0. The average molecular weight is 239 g/mol. The van der Waals surface area contributed by atoms with Crippen molar-refractivity contribution in [3.63, 3.8) is 0 Å². The van der Waals surface area contributed by atoms with Gasteiger partial charge < -0.3 is 0 Å². The monoisotopic (exact) mass is 239 g/mol. The molecular formula is C13H7F4. The summed E-state index contributed by atoms with van der Waals surface area (Å²) in [7, 11) is 0. The summed E-state index contributed by atoms with van der Waals surface area (Å²) in [5.74, 6) is -0.567. The zero-order chi connectivity index (χ0) is 12.5. The summed E-state index contributed by atoms with van der Waals surface area (Å²) in [5, 5.41) is 0. The fraction of sp³-hybridized carbons (Fsp3) is 0.0769. The topological polar surface area (TPSA) is 0 Å². The van der Waals surface area contributed by atoms with Gasteiger partial charge in [-0.25, -0.2) is 4.39 Å². The van der Waals surface area contributed by atoms with Crippen molar-refractivity contribution >= 4 is 0 Å². The Bertz CT molecular complexity index is 529. The molecule has 17 heavy (non-hydrogen) atoms. The Morgan fingerprint density at radius 2 is 1.71 bits per heavy atom. The second kappa shape index (κ2) is 4.20. The average Bonchev–Trinajstić information content (AvgIpc) is 2.29. The lowest BCUT2D eigenvalue weighted by Gasteiger charge is -2.08. The van der Waals surface area contributed by atoms with Gasteiger partial charge >= 0.3 is 6.18 Å². The molecule has 0 spiro atoms. The molecule has 0 aliphatic carbocycles. The van der Waals surface area contributed by atoms with Gasteiger partial charge in [0.25, 0.3) is 0 Å². The van der Waals surface area contributed by atoms with Crippen LogP contribution in [0.3, 0.4) is 0 Å². The first-order chi connectivity index (χ1) is 7.98. The molecule has 0 aromatic heterocycles. The molecule has 0 saturated carbocycles. The minimum absolute atomic E-state index is 0.0953. The summed E-state index contributed by atoms with van der Waals surface area (Å²) in [6.45, 7) is 0. The predicted octanol–water partition coefficient (Wildman–Crippen LogP) is 4.31. The Balaban J connectivity index is 2.51. The number of rotatable bonds is 1. The number of halogens is 4. The molecule has 0 unspecified atom stereocenters. The minimum atomic E-state index is -4.44. The molecule has 0 aliphatic rings. The Morgan fingerprint density at radius 1 is 1.00 bits per heavy atom. The Kier molecular flexibility index (Phi) is 2.88. The fourth-order valence-corrected chi connectivity index (χ4v) is 1.48. The highest BCUT2D eigenvalue weighted by Crippen LogP contribution is 2.32. The van der Waals surface area contributed by atoms with E-state index in [1.54, 1.807) is 6.07 Å². The van der Waals surface area contributed by atoms with Crippen molar-refractivity contribution in [1.29, 1.82) is 0 Å². The van der Waals surface area contributed by atoms with E-state index >= 15 is 0 Å². The van der Waals surface area contributed by atoms with E-state index in [1.807, 2.05) is 0 Å². The highest BCUT2D eigenvalue weighted by atomic mass is 19.4. The second-order valence-corrected chi connectivity index (χ2v) is 3.47. The maximum absolute atomic E-state index is 13.4. The van der Waals surface area contributed by atoms with E-state index in [2.05, 4.69) is 6.07 Å². The summed E-state index contributed by atoms with van der Waals surface area (Å²) in [5.41, 5.74) is -0.606. The molecule has 0 aliphatic heterocycles. The van der Waals surface area contributed by atoms with Crippen molar-refractivity contribution in [3.8, 4) is 11.1 Å².